The molecule has 106 valence electrons. The van der Waals surface area contributed by atoms with E-state index in [1.54, 1.807) is 6.20 Å². The number of nitrogens with zero attached hydrogens (tertiary/aromatic N) is 3. The van der Waals surface area contributed by atoms with Crippen molar-refractivity contribution < 1.29 is 4.74 Å². The predicted molar refractivity (Wildman–Crippen MR) is 81.3 cm³/mol. The second-order valence-corrected chi connectivity index (χ2v) is 5.13. The lowest BCUT2D eigenvalue weighted by atomic mass is 10.2. The number of anilines is 1. The van der Waals surface area contributed by atoms with E-state index in [0.29, 0.717) is 18.2 Å². The molecule has 4 heteroatoms. The van der Waals surface area contributed by atoms with Crippen LogP contribution in [0.25, 0.3) is 0 Å². The molecule has 0 bridgehead atoms. The van der Waals surface area contributed by atoms with Crippen LogP contribution < -0.4 is 9.64 Å². The van der Waals surface area contributed by atoms with E-state index in [0.717, 1.165) is 31.0 Å². The lowest BCUT2D eigenvalue weighted by Crippen LogP contribution is -2.34. The number of aromatic nitrogens is 1. The minimum absolute atomic E-state index is 0.339. The van der Waals surface area contributed by atoms with Crippen LogP contribution in [0.15, 0.2) is 48.7 Å². The molecule has 0 aliphatic carbocycles. The van der Waals surface area contributed by atoms with Crippen LogP contribution in [-0.4, -0.2) is 24.2 Å². The van der Waals surface area contributed by atoms with Gasteiger partial charge in [0.2, 0.25) is 0 Å². The van der Waals surface area contributed by atoms with Gasteiger partial charge in [-0.15, -0.1) is 0 Å². The van der Waals surface area contributed by atoms with Crippen LogP contribution in [0.5, 0.6) is 5.75 Å². The van der Waals surface area contributed by atoms with Crippen molar-refractivity contribution in [1.29, 1.82) is 5.26 Å². The Labute approximate surface area is 124 Å². The molecule has 1 aromatic carbocycles. The standard InChI is InChI=1S/C17H17N3O/c18-11-14-8-9-17(19-12-14)20-10-4-5-15(20)13-21-16-6-2-1-3-7-16/h1-3,6-9,12,15H,4-5,10,13H2. The Kier molecular flexibility index (Phi) is 4.02. The Bertz CT molecular complexity index is 619. The van der Waals surface area contributed by atoms with E-state index in [-0.39, 0.29) is 0 Å². The molecule has 0 N–H and O–H groups in total. The summed E-state index contributed by atoms with van der Waals surface area (Å²) in [6.45, 7) is 1.65. The molecule has 4 nitrogen and oxygen atoms in total. The summed E-state index contributed by atoms with van der Waals surface area (Å²) >= 11 is 0. The Morgan fingerprint density at radius 3 is 2.81 bits per heavy atom. The topological polar surface area (TPSA) is 49.2 Å². The van der Waals surface area contributed by atoms with Crippen molar-refractivity contribution in [2.45, 2.75) is 18.9 Å². The fourth-order valence-electron chi connectivity index (χ4n) is 2.64. The molecule has 21 heavy (non-hydrogen) atoms. The fraction of sp³-hybridized carbons (Fsp3) is 0.294. The van der Waals surface area contributed by atoms with Crippen molar-refractivity contribution in [3.8, 4) is 11.8 Å². The smallest absolute Gasteiger partial charge is 0.128 e. The van der Waals surface area contributed by atoms with Crippen molar-refractivity contribution in [1.82, 2.24) is 4.98 Å². The van der Waals surface area contributed by atoms with E-state index >= 15 is 0 Å². The Balaban J connectivity index is 1.66. The van der Waals surface area contributed by atoms with E-state index < -0.39 is 0 Å². The van der Waals surface area contributed by atoms with Gasteiger partial charge in [-0.05, 0) is 37.1 Å². The number of rotatable bonds is 4. The van der Waals surface area contributed by atoms with Gasteiger partial charge in [-0.3, -0.25) is 0 Å². The fourth-order valence-corrected chi connectivity index (χ4v) is 2.64. The average Bonchev–Trinajstić information content (AvgIpc) is 3.02. The summed E-state index contributed by atoms with van der Waals surface area (Å²) in [5.41, 5.74) is 0.593. The van der Waals surface area contributed by atoms with Crippen LogP contribution in [0.2, 0.25) is 0 Å². The lowest BCUT2D eigenvalue weighted by molar-refractivity contribution is 0.288. The maximum atomic E-state index is 8.83. The molecule has 0 spiro atoms. The maximum Gasteiger partial charge on any atom is 0.128 e. The number of pyridine rings is 1. The van der Waals surface area contributed by atoms with Gasteiger partial charge in [-0.25, -0.2) is 4.98 Å². The molecular weight excluding hydrogens is 262 g/mol. The minimum Gasteiger partial charge on any atom is -0.491 e. The summed E-state index contributed by atoms with van der Waals surface area (Å²) in [5.74, 6) is 1.82. The first-order valence-corrected chi connectivity index (χ1v) is 7.17. The number of hydrogen-bond donors (Lipinski definition) is 0. The monoisotopic (exact) mass is 279 g/mol. The maximum absolute atomic E-state index is 8.83. The van der Waals surface area contributed by atoms with E-state index in [1.165, 1.54) is 0 Å². The number of benzene rings is 1. The van der Waals surface area contributed by atoms with Crippen molar-refractivity contribution in [2.24, 2.45) is 0 Å². The normalized spacial score (nSPS) is 17.5. The van der Waals surface area contributed by atoms with Gasteiger partial charge in [0.25, 0.3) is 0 Å². The first kappa shape index (κ1) is 13.4. The minimum atomic E-state index is 0.339. The van der Waals surface area contributed by atoms with Crippen molar-refractivity contribution in [2.75, 3.05) is 18.1 Å². The Hall–Kier alpha value is -2.54. The third kappa shape index (κ3) is 3.14. The molecule has 1 aliphatic rings. The highest BCUT2D eigenvalue weighted by atomic mass is 16.5. The quantitative estimate of drug-likeness (QED) is 0.863. The summed E-state index contributed by atoms with van der Waals surface area (Å²) in [7, 11) is 0. The molecule has 1 aromatic heterocycles. The van der Waals surface area contributed by atoms with Gasteiger partial charge in [0.05, 0.1) is 11.6 Å². The van der Waals surface area contributed by atoms with Crippen LogP contribution in [0.3, 0.4) is 0 Å². The van der Waals surface area contributed by atoms with Gasteiger partial charge in [-0.2, -0.15) is 5.26 Å². The number of hydrogen-bond acceptors (Lipinski definition) is 4. The highest BCUT2D eigenvalue weighted by Crippen LogP contribution is 2.24. The van der Waals surface area contributed by atoms with Crippen LogP contribution in [0.4, 0.5) is 5.82 Å². The zero-order valence-corrected chi connectivity index (χ0v) is 11.8. The second kappa shape index (κ2) is 6.27. The molecule has 0 saturated carbocycles. The Morgan fingerprint density at radius 1 is 1.24 bits per heavy atom. The SMILES string of the molecule is N#Cc1ccc(N2CCCC2COc2ccccc2)nc1. The van der Waals surface area contributed by atoms with Crippen LogP contribution in [0.1, 0.15) is 18.4 Å². The first-order chi connectivity index (χ1) is 10.4. The number of ether oxygens (including phenoxy) is 1. The van der Waals surface area contributed by atoms with E-state index in [4.69, 9.17) is 10.00 Å². The van der Waals surface area contributed by atoms with Crippen molar-refractivity contribution in [3.05, 3.63) is 54.2 Å². The Morgan fingerprint density at radius 2 is 2.10 bits per heavy atom. The molecule has 1 atom stereocenters. The van der Waals surface area contributed by atoms with Crippen molar-refractivity contribution in [3.63, 3.8) is 0 Å². The van der Waals surface area contributed by atoms with Crippen molar-refractivity contribution >= 4 is 5.82 Å². The summed E-state index contributed by atoms with van der Waals surface area (Å²) in [6, 6.07) is 16.0. The largest absolute Gasteiger partial charge is 0.491 e. The average molecular weight is 279 g/mol. The highest BCUT2D eigenvalue weighted by molar-refractivity contribution is 5.44. The van der Waals surface area contributed by atoms with E-state index in [9.17, 15) is 0 Å². The molecule has 1 aliphatic heterocycles. The van der Waals surface area contributed by atoms with Gasteiger partial charge in [0.15, 0.2) is 0 Å². The van der Waals surface area contributed by atoms with Gasteiger partial charge in [0.1, 0.15) is 24.2 Å². The lowest BCUT2D eigenvalue weighted by Gasteiger charge is -2.25. The predicted octanol–water partition coefficient (Wildman–Crippen LogP) is 3.00. The molecule has 1 saturated heterocycles. The van der Waals surface area contributed by atoms with Crippen LogP contribution in [0, 0.1) is 11.3 Å². The summed E-state index contributed by atoms with van der Waals surface area (Å²) < 4.78 is 5.86. The van der Waals surface area contributed by atoms with E-state index in [2.05, 4.69) is 16.0 Å². The van der Waals surface area contributed by atoms with Gasteiger partial charge in [0, 0.05) is 12.7 Å². The molecular formula is C17H17N3O. The van der Waals surface area contributed by atoms with Gasteiger partial charge < -0.3 is 9.64 Å². The molecule has 1 fully saturated rings. The summed E-state index contributed by atoms with van der Waals surface area (Å²) in [4.78, 5) is 6.65. The molecule has 0 amide bonds. The third-order valence-corrected chi connectivity index (χ3v) is 3.73. The molecule has 2 heterocycles. The van der Waals surface area contributed by atoms with E-state index in [1.807, 2.05) is 42.5 Å². The van der Waals surface area contributed by atoms with Gasteiger partial charge >= 0.3 is 0 Å². The third-order valence-electron chi connectivity index (χ3n) is 3.73. The highest BCUT2D eigenvalue weighted by Gasteiger charge is 2.26. The molecule has 0 radical (unpaired) electrons. The molecule has 1 unspecified atom stereocenters. The van der Waals surface area contributed by atoms with Crippen LogP contribution in [-0.2, 0) is 0 Å². The zero-order chi connectivity index (χ0) is 14.5. The number of para-hydroxylation sites is 1. The van der Waals surface area contributed by atoms with Crippen LogP contribution >= 0.6 is 0 Å². The first-order valence-electron chi connectivity index (χ1n) is 7.17. The number of nitriles is 1. The zero-order valence-electron chi connectivity index (χ0n) is 11.8. The summed E-state index contributed by atoms with van der Waals surface area (Å²) in [5, 5.41) is 8.83. The molecule has 2 aromatic rings. The molecule has 3 rings (SSSR count). The van der Waals surface area contributed by atoms with Gasteiger partial charge in [-0.1, -0.05) is 18.2 Å². The summed E-state index contributed by atoms with van der Waals surface area (Å²) in [6.07, 6.45) is 3.88. The second-order valence-electron chi connectivity index (χ2n) is 5.13.